The standard InChI is InChI=1S/C9H5BrClFO/c10-7-3-1-6(8(12)5-7)2-4-9(11)13/h1-5H/b4-2-. The fourth-order valence-electron chi connectivity index (χ4n) is 0.792. The molecule has 0 N–H and O–H groups in total. The second kappa shape index (κ2) is 4.53. The monoisotopic (exact) mass is 262 g/mol. The number of benzene rings is 1. The molecule has 0 fully saturated rings. The predicted molar refractivity (Wildman–Crippen MR) is 54.0 cm³/mol. The fourth-order valence-corrected chi connectivity index (χ4v) is 1.19. The highest BCUT2D eigenvalue weighted by atomic mass is 79.9. The van der Waals surface area contributed by atoms with Crippen molar-refractivity contribution in [3.05, 3.63) is 40.1 Å². The minimum absolute atomic E-state index is 0.331. The van der Waals surface area contributed by atoms with E-state index in [1.54, 1.807) is 12.1 Å². The zero-order chi connectivity index (χ0) is 9.84. The summed E-state index contributed by atoms with van der Waals surface area (Å²) in [5.74, 6) is -0.399. The predicted octanol–water partition coefficient (Wildman–Crippen LogP) is 3.37. The second-order valence-corrected chi connectivity index (χ2v) is 3.59. The number of carbonyl (C=O) groups is 1. The lowest BCUT2D eigenvalue weighted by molar-refractivity contribution is -0.107. The zero-order valence-electron chi connectivity index (χ0n) is 6.43. The van der Waals surface area contributed by atoms with E-state index >= 15 is 0 Å². The highest BCUT2D eigenvalue weighted by molar-refractivity contribution is 9.10. The van der Waals surface area contributed by atoms with E-state index in [2.05, 4.69) is 15.9 Å². The van der Waals surface area contributed by atoms with Crippen molar-refractivity contribution in [2.24, 2.45) is 0 Å². The van der Waals surface area contributed by atoms with Gasteiger partial charge < -0.3 is 0 Å². The van der Waals surface area contributed by atoms with Gasteiger partial charge in [0.15, 0.2) is 0 Å². The third kappa shape index (κ3) is 3.28. The molecule has 0 amide bonds. The average molecular weight is 263 g/mol. The van der Waals surface area contributed by atoms with Crippen LogP contribution < -0.4 is 0 Å². The molecule has 0 saturated heterocycles. The maximum Gasteiger partial charge on any atom is 0.245 e. The summed E-state index contributed by atoms with van der Waals surface area (Å²) in [5, 5.41) is -0.623. The number of halogens is 3. The lowest BCUT2D eigenvalue weighted by Crippen LogP contribution is -1.82. The third-order valence-corrected chi connectivity index (χ3v) is 1.98. The Hall–Kier alpha value is -0.670. The van der Waals surface area contributed by atoms with Crippen LogP contribution >= 0.6 is 27.5 Å². The van der Waals surface area contributed by atoms with Gasteiger partial charge in [-0.2, -0.15) is 0 Å². The Morgan fingerprint density at radius 2 is 2.23 bits per heavy atom. The molecule has 0 spiro atoms. The molecule has 1 aromatic rings. The molecule has 0 unspecified atom stereocenters. The molecular formula is C9H5BrClFO. The van der Waals surface area contributed by atoms with Gasteiger partial charge in [0.05, 0.1) is 0 Å². The molecule has 0 atom stereocenters. The van der Waals surface area contributed by atoms with E-state index in [4.69, 9.17) is 11.6 Å². The Morgan fingerprint density at radius 1 is 1.54 bits per heavy atom. The molecule has 0 radical (unpaired) electrons. The van der Waals surface area contributed by atoms with Gasteiger partial charge in [-0.25, -0.2) is 4.39 Å². The molecule has 0 aliphatic carbocycles. The van der Waals surface area contributed by atoms with Crippen LogP contribution in [0.2, 0.25) is 0 Å². The van der Waals surface area contributed by atoms with Gasteiger partial charge in [0.1, 0.15) is 5.82 Å². The molecule has 1 nitrogen and oxygen atoms in total. The van der Waals surface area contributed by atoms with Gasteiger partial charge >= 0.3 is 0 Å². The second-order valence-electron chi connectivity index (χ2n) is 2.30. The van der Waals surface area contributed by atoms with E-state index in [0.29, 0.717) is 10.0 Å². The topological polar surface area (TPSA) is 17.1 Å². The van der Waals surface area contributed by atoms with E-state index < -0.39 is 11.1 Å². The van der Waals surface area contributed by atoms with Gasteiger partial charge in [0, 0.05) is 10.0 Å². The first-order valence-electron chi connectivity index (χ1n) is 3.42. The molecule has 0 bridgehead atoms. The average Bonchev–Trinajstić information content (AvgIpc) is 2.02. The van der Waals surface area contributed by atoms with Crippen molar-refractivity contribution in [1.82, 2.24) is 0 Å². The van der Waals surface area contributed by atoms with Gasteiger partial charge in [0.25, 0.3) is 0 Å². The highest BCUT2D eigenvalue weighted by Crippen LogP contribution is 2.16. The molecule has 4 heteroatoms. The van der Waals surface area contributed by atoms with Gasteiger partial charge in [-0.05, 0) is 35.9 Å². The summed E-state index contributed by atoms with van der Waals surface area (Å²) >= 11 is 8.17. The van der Waals surface area contributed by atoms with Crippen LogP contribution in [-0.2, 0) is 4.79 Å². The van der Waals surface area contributed by atoms with Crippen molar-refractivity contribution >= 4 is 38.8 Å². The van der Waals surface area contributed by atoms with Crippen molar-refractivity contribution in [1.29, 1.82) is 0 Å². The maximum absolute atomic E-state index is 13.1. The third-order valence-electron chi connectivity index (χ3n) is 1.36. The van der Waals surface area contributed by atoms with Crippen LogP contribution in [0.1, 0.15) is 5.56 Å². The van der Waals surface area contributed by atoms with Crippen LogP contribution in [0, 0.1) is 5.82 Å². The smallest absolute Gasteiger partial charge is 0.245 e. The van der Waals surface area contributed by atoms with Gasteiger partial charge in [-0.1, -0.05) is 22.0 Å². The molecule has 0 heterocycles. The highest BCUT2D eigenvalue weighted by Gasteiger charge is 1.98. The van der Waals surface area contributed by atoms with Crippen LogP contribution in [0.3, 0.4) is 0 Å². The Balaban J connectivity index is 2.96. The molecule has 0 saturated carbocycles. The van der Waals surface area contributed by atoms with Crippen molar-refractivity contribution in [2.75, 3.05) is 0 Å². The molecule has 13 heavy (non-hydrogen) atoms. The fraction of sp³-hybridized carbons (Fsp3) is 0. The van der Waals surface area contributed by atoms with E-state index in [0.717, 1.165) is 6.08 Å². The van der Waals surface area contributed by atoms with E-state index in [1.807, 2.05) is 0 Å². The first kappa shape index (κ1) is 10.4. The Bertz CT molecular complexity index is 363. The lowest BCUT2D eigenvalue weighted by atomic mass is 10.2. The molecule has 68 valence electrons. The van der Waals surface area contributed by atoms with E-state index in [9.17, 15) is 9.18 Å². The summed E-state index contributed by atoms with van der Waals surface area (Å²) in [5.41, 5.74) is 0.331. The summed E-state index contributed by atoms with van der Waals surface area (Å²) in [6.07, 6.45) is 2.44. The van der Waals surface area contributed by atoms with Crippen molar-refractivity contribution in [3.63, 3.8) is 0 Å². The molecular weight excluding hydrogens is 258 g/mol. The first-order valence-corrected chi connectivity index (χ1v) is 4.59. The van der Waals surface area contributed by atoms with Crippen LogP contribution in [0.15, 0.2) is 28.7 Å². The zero-order valence-corrected chi connectivity index (χ0v) is 8.77. The van der Waals surface area contributed by atoms with Crippen LogP contribution in [-0.4, -0.2) is 5.24 Å². The van der Waals surface area contributed by atoms with E-state index in [1.165, 1.54) is 12.1 Å². The van der Waals surface area contributed by atoms with Crippen LogP contribution in [0.5, 0.6) is 0 Å². The molecule has 1 aromatic carbocycles. The summed E-state index contributed by atoms with van der Waals surface area (Å²) in [7, 11) is 0. The minimum Gasteiger partial charge on any atom is -0.276 e. The summed E-state index contributed by atoms with van der Waals surface area (Å²) in [6, 6.07) is 4.55. The Morgan fingerprint density at radius 3 is 2.77 bits per heavy atom. The van der Waals surface area contributed by atoms with Gasteiger partial charge in [-0.15, -0.1) is 0 Å². The van der Waals surface area contributed by atoms with Gasteiger partial charge in [0.2, 0.25) is 5.24 Å². The SMILES string of the molecule is O=C(Cl)/C=C\c1ccc(Br)cc1F. The lowest BCUT2D eigenvalue weighted by Gasteiger charge is -1.96. The van der Waals surface area contributed by atoms with Crippen molar-refractivity contribution in [2.45, 2.75) is 0 Å². The van der Waals surface area contributed by atoms with Gasteiger partial charge in [-0.3, -0.25) is 4.79 Å². The van der Waals surface area contributed by atoms with Crippen molar-refractivity contribution < 1.29 is 9.18 Å². The number of hydrogen-bond donors (Lipinski definition) is 0. The number of rotatable bonds is 2. The van der Waals surface area contributed by atoms with Crippen LogP contribution in [0.25, 0.3) is 6.08 Å². The number of carbonyl (C=O) groups excluding carboxylic acids is 1. The number of allylic oxidation sites excluding steroid dienone is 1. The number of hydrogen-bond acceptors (Lipinski definition) is 1. The summed E-state index contributed by atoms with van der Waals surface area (Å²) in [6.45, 7) is 0. The molecule has 0 aromatic heterocycles. The maximum atomic E-state index is 13.1. The summed E-state index contributed by atoms with van der Waals surface area (Å²) in [4.78, 5) is 10.3. The summed E-state index contributed by atoms with van der Waals surface area (Å²) < 4.78 is 13.7. The van der Waals surface area contributed by atoms with E-state index in [-0.39, 0.29) is 0 Å². The Labute approximate surface area is 88.3 Å². The molecule has 0 aliphatic rings. The normalized spacial score (nSPS) is 10.7. The first-order chi connectivity index (χ1) is 6.09. The van der Waals surface area contributed by atoms with Crippen molar-refractivity contribution in [3.8, 4) is 0 Å². The largest absolute Gasteiger partial charge is 0.276 e. The molecule has 1 rings (SSSR count). The molecule has 0 aliphatic heterocycles. The quantitative estimate of drug-likeness (QED) is 0.590. The Kier molecular flexibility index (Phi) is 3.63. The minimum atomic E-state index is -0.623. The van der Waals surface area contributed by atoms with Crippen LogP contribution in [0.4, 0.5) is 4.39 Å².